The quantitative estimate of drug-likeness (QED) is 0.325. The summed E-state index contributed by atoms with van der Waals surface area (Å²) in [5.74, 6) is 0.776. The van der Waals surface area contributed by atoms with Crippen molar-refractivity contribution in [1.82, 2.24) is 0 Å². The second kappa shape index (κ2) is 10.7. The summed E-state index contributed by atoms with van der Waals surface area (Å²) in [7, 11) is 0. The van der Waals surface area contributed by atoms with Crippen LogP contribution in [0.25, 0.3) is 0 Å². The fourth-order valence-electron chi connectivity index (χ4n) is 3.80. The maximum Gasteiger partial charge on any atom is 0.0873 e. The zero-order chi connectivity index (χ0) is 16.3. The van der Waals surface area contributed by atoms with Crippen LogP contribution in [-0.4, -0.2) is 6.61 Å². The van der Waals surface area contributed by atoms with E-state index in [1.54, 1.807) is 11.1 Å². The van der Waals surface area contributed by atoms with Gasteiger partial charge in [0.05, 0.1) is 12.9 Å². The Morgan fingerprint density at radius 2 is 1.78 bits per heavy atom. The lowest BCUT2D eigenvalue weighted by Gasteiger charge is -2.28. The molecule has 0 amide bonds. The summed E-state index contributed by atoms with van der Waals surface area (Å²) in [4.78, 5) is 0. The Morgan fingerprint density at radius 1 is 1.00 bits per heavy atom. The van der Waals surface area contributed by atoms with Gasteiger partial charge in [0.25, 0.3) is 0 Å². The molecule has 1 saturated carbocycles. The predicted molar refractivity (Wildman–Crippen MR) is 100 cm³/mol. The molecular formula is C22H36O. The highest BCUT2D eigenvalue weighted by molar-refractivity contribution is 5.43. The van der Waals surface area contributed by atoms with E-state index in [2.05, 4.69) is 32.3 Å². The Balaban J connectivity index is 2.02. The molecule has 2 rings (SSSR count). The first-order chi connectivity index (χ1) is 11.3. The van der Waals surface area contributed by atoms with E-state index in [-0.39, 0.29) is 0 Å². The SMILES string of the molecule is CCCCCC1=CC=C(C2CCCCC2)C(=COCCCC)C1. The van der Waals surface area contributed by atoms with E-state index < -0.39 is 0 Å². The first-order valence-corrected chi connectivity index (χ1v) is 10.1. The van der Waals surface area contributed by atoms with Gasteiger partial charge in [0.15, 0.2) is 0 Å². The third-order valence-electron chi connectivity index (χ3n) is 5.27. The van der Waals surface area contributed by atoms with E-state index in [1.165, 1.54) is 69.8 Å². The fraction of sp³-hybridized carbons (Fsp3) is 0.727. The average Bonchev–Trinajstić information content (AvgIpc) is 2.60. The van der Waals surface area contributed by atoms with Gasteiger partial charge >= 0.3 is 0 Å². The van der Waals surface area contributed by atoms with Crippen molar-refractivity contribution in [3.05, 3.63) is 35.1 Å². The smallest absolute Gasteiger partial charge is 0.0873 e. The van der Waals surface area contributed by atoms with E-state index in [1.807, 2.05) is 0 Å². The van der Waals surface area contributed by atoms with Crippen molar-refractivity contribution < 1.29 is 4.74 Å². The molecule has 0 bridgehead atoms. The van der Waals surface area contributed by atoms with Gasteiger partial charge in [-0.05, 0) is 55.6 Å². The Bertz CT molecular complexity index is 421. The number of rotatable bonds is 9. The lowest BCUT2D eigenvalue weighted by Crippen LogP contribution is -2.13. The molecule has 1 fully saturated rings. The molecule has 2 aliphatic carbocycles. The van der Waals surface area contributed by atoms with E-state index >= 15 is 0 Å². The maximum absolute atomic E-state index is 5.88. The molecule has 0 heterocycles. The van der Waals surface area contributed by atoms with Crippen molar-refractivity contribution in [2.45, 2.75) is 90.9 Å². The van der Waals surface area contributed by atoms with Gasteiger partial charge in [-0.3, -0.25) is 0 Å². The topological polar surface area (TPSA) is 9.23 Å². The normalized spacial score (nSPS) is 21.2. The lowest BCUT2D eigenvalue weighted by molar-refractivity contribution is 0.240. The van der Waals surface area contributed by atoms with Crippen molar-refractivity contribution >= 4 is 0 Å². The molecule has 0 saturated heterocycles. The summed E-state index contributed by atoms with van der Waals surface area (Å²) in [6, 6.07) is 0. The molecule has 0 unspecified atom stereocenters. The van der Waals surface area contributed by atoms with Crippen molar-refractivity contribution in [1.29, 1.82) is 0 Å². The minimum absolute atomic E-state index is 0.776. The maximum atomic E-state index is 5.88. The number of unbranched alkanes of at least 4 members (excludes halogenated alkanes) is 3. The Kier molecular flexibility index (Phi) is 8.57. The Morgan fingerprint density at radius 3 is 2.52 bits per heavy atom. The van der Waals surface area contributed by atoms with Crippen LogP contribution in [0.5, 0.6) is 0 Å². The molecule has 0 aromatic rings. The number of hydrogen-bond acceptors (Lipinski definition) is 1. The van der Waals surface area contributed by atoms with Gasteiger partial charge in [0, 0.05) is 0 Å². The highest BCUT2D eigenvalue weighted by atomic mass is 16.5. The predicted octanol–water partition coefficient (Wildman–Crippen LogP) is 7.10. The molecule has 1 nitrogen and oxygen atoms in total. The first kappa shape index (κ1) is 18.4. The molecule has 0 atom stereocenters. The molecule has 0 spiro atoms. The summed E-state index contributed by atoms with van der Waals surface area (Å²) in [5, 5.41) is 0. The fourth-order valence-corrected chi connectivity index (χ4v) is 3.80. The number of ether oxygens (including phenoxy) is 1. The monoisotopic (exact) mass is 316 g/mol. The molecule has 0 aromatic heterocycles. The zero-order valence-corrected chi connectivity index (χ0v) is 15.4. The third-order valence-corrected chi connectivity index (χ3v) is 5.27. The largest absolute Gasteiger partial charge is 0.501 e. The van der Waals surface area contributed by atoms with Crippen LogP contribution in [0.15, 0.2) is 35.1 Å². The van der Waals surface area contributed by atoms with Crippen LogP contribution in [0.2, 0.25) is 0 Å². The van der Waals surface area contributed by atoms with Gasteiger partial charge in [-0.2, -0.15) is 0 Å². The van der Waals surface area contributed by atoms with Crippen LogP contribution < -0.4 is 0 Å². The van der Waals surface area contributed by atoms with Crippen molar-refractivity contribution in [2.75, 3.05) is 6.61 Å². The molecule has 1 heteroatoms. The highest BCUT2D eigenvalue weighted by Crippen LogP contribution is 2.38. The second-order valence-corrected chi connectivity index (χ2v) is 7.28. The van der Waals surface area contributed by atoms with E-state index in [0.717, 1.165) is 25.4 Å². The Hall–Kier alpha value is -0.980. The Labute approximate surface area is 143 Å². The minimum Gasteiger partial charge on any atom is -0.501 e. The van der Waals surface area contributed by atoms with Gasteiger partial charge < -0.3 is 4.74 Å². The van der Waals surface area contributed by atoms with Crippen LogP contribution in [0, 0.1) is 5.92 Å². The molecule has 23 heavy (non-hydrogen) atoms. The summed E-state index contributed by atoms with van der Waals surface area (Å²) in [6.45, 7) is 5.37. The van der Waals surface area contributed by atoms with Crippen molar-refractivity contribution in [2.24, 2.45) is 5.92 Å². The highest BCUT2D eigenvalue weighted by Gasteiger charge is 2.23. The van der Waals surface area contributed by atoms with Gasteiger partial charge in [-0.25, -0.2) is 0 Å². The van der Waals surface area contributed by atoms with E-state index in [0.29, 0.717) is 0 Å². The van der Waals surface area contributed by atoms with Crippen LogP contribution >= 0.6 is 0 Å². The molecule has 130 valence electrons. The van der Waals surface area contributed by atoms with Crippen molar-refractivity contribution in [3.8, 4) is 0 Å². The van der Waals surface area contributed by atoms with Gasteiger partial charge in [0.1, 0.15) is 0 Å². The van der Waals surface area contributed by atoms with Crippen molar-refractivity contribution in [3.63, 3.8) is 0 Å². The van der Waals surface area contributed by atoms with Gasteiger partial charge in [-0.15, -0.1) is 0 Å². The summed E-state index contributed by atoms with van der Waals surface area (Å²) < 4.78 is 5.88. The van der Waals surface area contributed by atoms with Crippen LogP contribution in [0.3, 0.4) is 0 Å². The molecular weight excluding hydrogens is 280 g/mol. The summed E-state index contributed by atoms with van der Waals surface area (Å²) in [6.07, 6.45) is 22.7. The average molecular weight is 317 g/mol. The van der Waals surface area contributed by atoms with Gasteiger partial charge in [0.2, 0.25) is 0 Å². The van der Waals surface area contributed by atoms with Gasteiger partial charge in [-0.1, -0.05) is 70.1 Å². The molecule has 2 aliphatic rings. The van der Waals surface area contributed by atoms with Crippen LogP contribution in [-0.2, 0) is 4.74 Å². The minimum atomic E-state index is 0.776. The zero-order valence-electron chi connectivity index (χ0n) is 15.4. The standard InChI is InChI=1S/C22H36O/c1-3-5-8-11-19-14-15-22(20-12-9-7-10-13-20)21(17-19)18-23-16-6-4-2/h14-15,18,20H,3-13,16-17H2,1-2H3. The number of allylic oxidation sites excluding steroid dienone is 5. The molecule has 0 aromatic carbocycles. The second-order valence-electron chi connectivity index (χ2n) is 7.28. The van der Waals surface area contributed by atoms with Crippen LogP contribution in [0.1, 0.15) is 90.9 Å². The van der Waals surface area contributed by atoms with E-state index in [9.17, 15) is 0 Å². The summed E-state index contributed by atoms with van der Waals surface area (Å²) in [5.41, 5.74) is 4.66. The van der Waals surface area contributed by atoms with Crippen LogP contribution in [0.4, 0.5) is 0 Å². The third kappa shape index (κ3) is 6.20. The molecule has 0 radical (unpaired) electrons. The summed E-state index contributed by atoms with van der Waals surface area (Å²) >= 11 is 0. The molecule has 0 N–H and O–H groups in total. The first-order valence-electron chi connectivity index (χ1n) is 10.1. The molecule has 0 aliphatic heterocycles. The van der Waals surface area contributed by atoms with E-state index in [4.69, 9.17) is 4.74 Å². The lowest BCUT2D eigenvalue weighted by atomic mass is 9.77. The number of hydrogen-bond donors (Lipinski definition) is 0.